The second-order valence-electron chi connectivity index (χ2n) is 7.12. The van der Waals surface area contributed by atoms with Crippen molar-refractivity contribution in [3.05, 3.63) is 0 Å². The Balaban J connectivity index is 0.00000104. The van der Waals surface area contributed by atoms with Gasteiger partial charge < -0.3 is 69.4 Å². The van der Waals surface area contributed by atoms with Crippen LogP contribution in [0.4, 0.5) is 0 Å². The van der Waals surface area contributed by atoms with Gasteiger partial charge in [-0.2, -0.15) is 0 Å². The Morgan fingerprint density at radius 2 is 1.00 bits per heavy atom. The Morgan fingerprint density at radius 3 is 1.26 bits per heavy atom. The summed E-state index contributed by atoms with van der Waals surface area (Å²) < 4.78 is 19.3. The molecule has 2 unspecified atom stereocenters. The summed E-state index contributed by atoms with van der Waals surface area (Å²) in [5, 5.41) is 76.2. The fourth-order valence-corrected chi connectivity index (χ4v) is 2.83. The van der Waals surface area contributed by atoms with Crippen LogP contribution in [0.3, 0.4) is 0 Å². The monoisotopic (exact) mass is 500 g/mol. The molecule has 2 aliphatic rings. The van der Waals surface area contributed by atoms with Crippen molar-refractivity contribution in [3.8, 4) is 0 Å². The van der Waals surface area contributed by atoms with Crippen molar-refractivity contribution in [1.82, 2.24) is 0 Å². The van der Waals surface area contributed by atoms with Gasteiger partial charge in [-0.3, -0.25) is 9.59 Å². The van der Waals surface area contributed by atoms with E-state index in [4.69, 9.17) is 29.2 Å². The maximum absolute atomic E-state index is 11.9. The van der Waals surface area contributed by atoms with Gasteiger partial charge in [0, 0.05) is 0 Å². The first kappa shape index (κ1) is 29.9. The lowest BCUT2D eigenvalue weighted by atomic mass is 9.99. The standard InChI is InChI=1S/C15H24O14.C3H4O2/c16-2-4-8(20)10(22)12(24)14(26-4)28-6(18)1-7(19)29-15-13(25)11(23)9(21)5(3-17)27-15;4-2-1-3-5/h4-5,8-17,20-25H,1-3H2;2-3H,1H2/t4-,5-,8-,9-,10+,11+,12-,13-,14?,15?;/m1./s1. The predicted octanol–water partition coefficient (Wildman–Crippen LogP) is -6.16. The van der Waals surface area contributed by atoms with E-state index in [-0.39, 0.29) is 6.42 Å². The van der Waals surface area contributed by atoms with Crippen molar-refractivity contribution < 1.29 is 79.0 Å². The highest BCUT2D eigenvalue weighted by Crippen LogP contribution is 2.24. The lowest BCUT2D eigenvalue weighted by molar-refractivity contribution is -0.296. The number of carbonyl (C=O) groups excluding carboxylic acids is 4. The van der Waals surface area contributed by atoms with Crippen molar-refractivity contribution in [1.29, 1.82) is 0 Å². The van der Waals surface area contributed by atoms with Crippen LogP contribution in [-0.2, 0) is 38.1 Å². The molecule has 2 fully saturated rings. The van der Waals surface area contributed by atoms with E-state index in [2.05, 4.69) is 0 Å². The second-order valence-corrected chi connectivity index (χ2v) is 7.12. The zero-order valence-electron chi connectivity index (χ0n) is 17.6. The maximum atomic E-state index is 11.9. The van der Waals surface area contributed by atoms with Gasteiger partial charge in [0.25, 0.3) is 0 Å². The van der Waals surface area contributed by atoms with Crippen molar-refractivity contribution in [2.75, 3.05) is 13.2 Å². The molecule has 0 aromatic rings. The molecule has 2 aliphatic heterocycles. The molecule has 0 amide bonds. The van der Waals surface area contributed by atoms with E-state index in [1.807, 2.05) is 0 Å². The fraction of sp³-hybridized carbons (Fsp3) is 0.778. The largest absolute Gasteiger partial charge is 0.432 e. The van der Waals surface area contributed by atoms with Gasteiger partial charge in [-0.05, 0) is 0 Å². The smallest absolute Gasteiger partial charge is 0.319 e. The molecular weight excluding hydrogens is 472 g/mol. The van der Waals surface area contributed by atoms with Crippen molar-refractivity contribution in [2.45, 2.75) is 74.3 Å². The summed E-state index contributed by atoms with van der Waals surface area (Å²) in [6, 6.07) is 0. The zero-order valence-corrected chi connectivity index (χ0v) is 17.6. The molecule has 2 heterocycles. The molecule has 16 nitrogen and oxygen atoms in total. The third kappa shape index (κ3) is 7.98. The number of aldehydes is 2. The molecule has 0 saturated carbocycles. The van der Waals surface area contributed by atoms with E-state index in [1.165, 1.54) is 0 Å². The summed E-state index contributed by atoms with van der Waals surface area (Å²) in [7, 11) is 0. The number of esters is 2. The van der Waals surface area contributed by atoms with Gasteiger partial charge in [0.2, 0.25) is 12.6 Å². The van der Waals surface area contributed by atoms with Gasteiger partial charge in [0.15, 0.2) is 0 Å². The number of carbonyl (C=O) groups is 4. The summed E-state index contributed by atoms with van der Waals surface area (Å²) >= 11 is 0. The summed E-state index contributed by atoms with van der Waals surface area (Å²) in [6.45, 7) is -1.50. The van der Waals surface area contributed by atoms with Crippen LogP contribution >= 0.6 is 0 Å². The molecule has 8 N–H and O–H groups in total. The Labute approximate surface area is 191 Å². The molecule has 0 aromatic carbocycles. The molecule has 0 aliphatic carbocycles. The average Bonchev–Trinajstić information content (AvgIpc) is 2.80. The molecule has 16 heteroatoms. The minimum Gasteiger partial charge on any atom is -0.432 e. The van der Waals surface area contributed by atoms with Crippen LogP contribution in [0.2, 0.25) is 0 Å². The summed E-state index contributed by atoms with van der Waals surface area (Å²) in [5.41, 5.74) is 0. The van der Waals surface area contributed by atoms with Gasteiger partial charge in [-0.15, -0.1) is 0 Å². The quantitative estimate of drug-likeness (QED) is 0.0874. The first-order chi connectivity index (χ1) is 16.0. The van der Waals surface area contributed by atoms with E-state index in [9.17, 15) is 49.8 Å². The first-order valence-corrected chi connectivity index (χ1v) is 9.89. The molecule has 196 valence electrons. The summed E-state index contributed by atoms with van der Waals surface area (Å²) in [5.74, 6) is -2.58. The maximum Gasteiger partial charge on any atom is 0.319 e. The topological polar surface area (TPSA) is 267 Å². The Bertz CT molecular complexity index is 614. The minimum absolute atomic E-state index is 0.0278. The van der Waals surface area contributed by atoms with Gasteiger partial charge in [0.1, 0.15) is 67.8 Å². The molecule has 0 bridgehead atoms. The number of hydrogen-bond acceptors (Lipinski definition) is 16. The van der Waals surface area contributed by atoms with E-state index in [1.54, 1.807) is 0 Å². The second kappa shape index (κ2) is 14.3. The number of rotatable bonds is 8. The van der Waals surface area contributed by atoms with Gasteiger partial charge >= 0.3 is 11.9 Å². The molecule has 0 spiro atoms. The average molecular weight is 500 g/mol. The highest BCUT2D eigenvalue weighted by atomic mass is 16.7. The van der Waals surface area contributed by atoms with Crippen molar-refractivity contribution >= 4 is 24.5 Å². The number of hydrogen-bond donors (Lipinski definition) is 8. The molecule has 2 rings (SSSR count). The highest BCUT2D eigenvalue weighted by molar-refractivity contribution is 5.91. The summed E-state index contributed by atoms with van der Waals surface area (Å²) in [6.07, 6.45) is -16.8. The van der Waals surface area contributed by atoms with Crippen LogP contribution in [0.25, 0.3) is 0 Å². The SMILES string of the molecule is O=C(CC(=O)OC1O[C@H](CO)[C@@H](O)[C@H](O)[C@H]1O)OC1O[C@H](CO)[C@@H](O)[C@H](O)[C@H]1O.O=CCC=O. The Morgan fingerprint density at radius 1 is 0.647 bits per heavy atom. The number of ether oxygens (including phenoxy) is 4. The lowest BCUT2D eigenvalue weighted by Gasteiger charge is -2.39. The number of aliphatic hydroxyl groups excluding tert-OH is 8. The predicted molar refractivity (Wildman–Crippen MR) is 101 cm³/mol. The van der Waals surface area contributed by atoms with Crippen LogP contribution in [0.1, 0.15) is 12.8 Å². The Kier molecular flexibility index (Phi) is 12.6. The van der Waals surface area contributed by atoms with E-state index in [0.717, 1.165) is 0 Å². The van der Waals surface area contributed by atoms with Crippen LogP contribution in [0.15, 0.2) is 0 Å². The minimum atomic E-state index is -1.86. The highest BCUT2D eigenvalue weighted by Gasteiger charge is 2.47. The fourth-order valence-electron chi connectivity index (χ4n) is 2.83. The molecule has 0 aromatic heterocycles. The number of aliphatic hydroxyl groups is 8. The molecule has 0 radical (unpaired) electrons. The van der Waals surface area contributed by atoms with E-state index in [0.29, 0.717) is 12.6 Å². The van der Waals surface area contributed by atoms with Crippen LogP contribution < -0.4 is 0 Å². The van der Waals surface area contributed by atoms with Gasteiger partial charge in [-0.1, -0.05) is 0 Å². The van der Waals surface area contributed by atoms with Gasteiger partial charge in [-0.25, -0.2) is 0 Å². The first-order valence-electron chi connectivity index (χ1n) is 9.89. The van der Waals surface area contributed by atoms with Crippen LogP contribution in [-0.4, -0.2) is 140 Å². The molecule has 34 heavy (non-hydrogen) atoms. The third-order valence-electron chi connectivity index (χ3n) is 4.67. The van der Waals surface area contributed by atoms with Crippen LogP contribution in [0, 0.1) is 0 Å². The summed E-state index contributed by atoms with van der Waals surface area (Å²) in [4.78, 5) is 42.1. The van der Waals surface area contributed by atoms with E-state index < -0.39 is 93.0 Å². The Hall–Kier alpha value is -2.12. The van der Waals surface area contributed by atoms with Gasteiger partial charge in [0.05, 0.1) is 19.6 Å². The van der Waals surface area contributed by atoms with Crippen molar-refractivity contribution in [3.63, 3.8) is 0 Å². The normalized spacial score (nSPS) is 37.5. The van der Waals surface area contributed by atoms with Crippen molar-refractivity contribution in [2.24, 2.45) is 0 Å². The molecule has 2 saturated heterocycles. The van der Waals surface area contributed by atoms with E-state index >= 15 is 0 Å². The lowest BCUT2D eigenvalue weighted by Crippen LogP contribution is -2.60. The zero-order chi connectivity index (χ0) is 26.0. The molecular formula is C18H28O16. The van der Waals surface area contributed by atoms with Crippen LogP contribution in [0.5, 0.6) is 0 Å². The third-order valence-corrected chi connectivity index (χ3v) is 4.67. The molecule has 10 atom stereocenters.